The van der Waals surface area contributed by atoms with Crippen molar-refractivity contribution in [2.24, 2.45) is 0 Å². The van der Waals surface area contributed by atoms with E-state index in [4.69, 9.17) is 0 Å². The first kappa shape index (κ1) is 28.3. The summed E-state index contributed by atoms with van der Waals surface area (Å²) in [6, 6.07) is 0. The summed E-state index contributed by atoms with van der Waals surface area (Å²) < 4.78 is 26.9. The Hall–Kier alpha value is -2.69. The van der Waals surface area contributed by atoms with E-state index < -0.39 is 9.84 Å². The number of amides is 2. The summed E-state index contributed by atoms with van der Waals surface area (Å²) in [4.78, 5) is 33.6. The third-order valence-corrected chi connectivity index (χ3v) is 9.41. The number of piperazine rings is 1. The van der Waals surface area contributed by atoms with Crippen molar-refractivity contribution in [3.63, 3.8) is 0 Å². The second-order valence-electron chi connectivity index (χ2n) is 10.1. The van der Waals surface area contributed by atoms with Gasteiger partial charge in [0.25, 0.3) is 11.8 Å². The molecule has 4 rings (SSSR count). The Labute approximate surface area is 233 Å². The molecule has 3 aliphatic rings. The van der Waals surface area contributed by atoms with Crippen molar-refractivity contribution in [3.05, 3.63) is 73.7 Å². The number of hydrogen-bond donors (Lipinski definition) is 2. The van der Waals surface area contributed by atoms with Gasteiger partial charge in [-0.2, -0.15) is 0 Å². The molecule has 1 aromatic rings. The molecule has 1 aliphatic carbocycles. The van der Waals surface area contributed by atoms with Gasteiger partial charge in [0.15, 0.2) is 9.84 Å². The summed E-state index contributed by atoms with van der Waals surface area (Å²) in [5.74, 6) is -0.499. The molecule has 0 saturated carbocycles. The molecule has 0 unspecified atom stereocenters. The highest BCUT2D eigenvalue weighted by Crippen LogP contribution is 2.30. The van der Waals surface area contributed by atoms with Gasteiger partial charge in [-0.25, -0.2) is 8.42 Å². The van der Waals surface area contributed by atoms with Gasteiger partial charge in [0.2, 0.25) is 0 Å². The summed E-state index contributed by atoms with van der Waals surface area (Å²) in [6.07, 6.45) is 10.4. The van der Waals surface area contributed by atoms with E-state index >= 15 is 0 Å². The zero-order valence-corrected chi connectivity index (χ0v) is 24.8. The maximum Gasteiger partial charge on any atom is 0.256 e. The van der Waals surface area contributed by atoms with Crippen LogP contribution < -0.4 is 5.32 Å². The van der Waals surface area contributed by atoms with E-state index in [-0.39, 0.29) is 23.3 Å². The van der Waals surface area contributed by atoms with E-state index in [0.717, 1.165) is 40.8 Å². The maximum absolute atomic E-state index is 13.3. The Balaban J connectivity index is 1.61. The predicted molar refractivity (Wildman–Crippen MR) is 155 cm³/mol. The summed E-state index contributed by atoms with van der Waals surface area (Å²) in [5.41, 5.74) is 5.20. The molecule has 2 amide bonds. The number of hydrogen-bond acceptors (Lipinski definition) is 5. The van der Waals surface area contributed by atoms with Crippen molar-refractivity contribution >= 4 is 43.7 Å². The standard InChI is InChI=1S/C28H35BrN4O4S/c1-5-24-22(10-15-38(36,37)17-20-6-8-21(29)9-7-20)23(27(34)31-24)16-25-18(2)26(19(3)30-25)28(35)33-13-11-32(4)12-14-33/h5-6,8,10,16,30H,7,9,11-15,17H2,1-4H3,(H,31,34). The van der Waals surface area contributed by atoms with Crippen LogP contribution in [0.4, 0.5) is 0 Å². The van der Waals surface area contributed by atoms with E-state index in [9.17, 15) is 18.0 Å². The lowest BCUT2D eigenvalue weighted by Gasteiger charge is -2.32. The summed E-state index contributed by atoms with van der Waals surface area (Å²) in [7, 11) is -1.37. The van der Waals surface area contributed by atoms with Crippen molar-refractivity contribution in [1.82, 2.24) is 20.1 Å². The van der Waals surface area contributed by atoms with Gasteiger partial charge in [0.05, 0.1) is 22.6 Å². The van der Waals surface area contributed by atoms with Gasteiger partial charge >= 0.3 is 0 Å². The number of sulfone groups is 1. The van der Waals surface area contributed by atoms with Crippen LogP contribution in [0.15, 0.2) is 51.2 Å². The van der Waals surface area contributed by atoms with Crippen molar-refractivity contribution in [1.29, 1.82) is 0 Å². The monoisotopic (exact) mass is 602 g/mol. The number of aromatic amines is 1. The number of nitrogens with one attached hydrogen (secondary N) is 2. The van der Waals surface area contributed by atoms with Crippen LogP contribution >= 0.6 is 15.9 Å². The van der Waals surface area contributed by atoms with Gasteiger partial charge in [-0.15, -0.1) is 0 Å². The van der Waals surface area contributed by atoms with E-state index in [2.05, 4.69) is 31.1 Å². The number of carbonyl (C=O) groups excluding carboxylic acids is 2. The molecule has 2 saturated heterocycles. The number of aryl methyl sites for hydroxylation is 1. The lowest BCUT2D eigenvalue weighted by Crippen LogP contribution is -2.47. The van der Waals surface area contributed by atoms with Crippen molar-refractivity contribution in [2.75, 3.05) is 44.7 Å². The van der Waals surface area contributed by atoms with Crippen molar-refractivity contribution in [3.8, 4) is 0 Å². The SMILES string of the molecule is CC=C1NC(=O)C(=Cc2[nH]c(C)c(C(=O)N3CCN(C)CC3)c2C)C1=CCS(=O)(=O)CC1=CC=C(Br)CC1. The molecule has 1 aromatic heterocycles. The minimum absolute atomic E-state index is 0.00809. The molecule has 8 nitrogen and oxygen atoms in total. The minimum atomic E-state index is -3.41. The highest BCUT2D eigenvalue weighted by atomic mass is 79.9. The molecule has 0 bridgehead atoms. The fourth-order valence-electron chi connectivity index (χ4n) is 4.99. The molecule has 204 valence electrons. The second kappa shape index (κ2) is 11.6. The first-order valence-corrected chi connectivity index (χ1v) is 15.4. The molecular formula is C28H35BrN4O4S. The van der Waals surface area contributed by atoms with Gasteiger partial charge in [0, 0.05) is 48.8 Å². The Morgan fingerprint density at radius 2 is 1.82 bits per heavy atom. The number of halogens is 1. The number of nitrogens with zero attached hydrogens (tertiary/aromatic N) is 2. The number of aromatic nitrogens is 1. The lowest BCUT2D eigenvalue weighted by atomic mass is 10.0. The highest BCUT2D eigenvalue weighted by molar-refractivity contribution is 9.11. The first-order valence-electron chi connectivity index (χ1n) is 12.8. The van der Waals surface area contributed by atoms with Gasteiger partial charge in [-0.05, 0) is 56.8 Å². The average Bonchev–Trinajstić information content (AvgIpc) is 3.33. The average molecular weight is 604 g/mol. The fraction of sp³-hybridized carbons (Fsp3) is 0.429. The molecular weight excluding hydrogens is 568 g/mol. The second-order valence-corrected chi connectivity index (χ2v) is 13.2. The Morgan fingerprint density at radius 1 is 1.11 bits per heavy atom. The van der Waals surface area contributed by atoms with E-state index in [0.29, 0.717) is 47.6 Å². The van der Waals surface area contributed by atoms with E-state index in [1.807, 2.05) is 37.9 Å². The molecule has 3 heterocycles. The Bertz CT molecular complexity index is 1400. The van der Waals surface area contributed by atoms with Crippen LogP contribution in [-0.2, 0) is 14.6 Å². The minimum Gasteiger partial charge on any atom is -0.358 e. The number of H-pyrrole nitrogens is 1. The molecule has 2 N–H and O–H groups in total. The van der Waals surface area contributed by atoms with Gasteiger partial charge < -0.3 is 20.1 Å². The predicted octanol–water partition coefficient (Wildman–Crippen LogP) is 3.78. The third kappa shape index (κ3) is 6.30. The molecule has 38 heavy (non-hydrogen) atoms. The lowest BCUT2D eigenvalue weighted by molar-refractivity contribution is -0.115. The Kier molecular flexibility index (Phi) is 8.64. The van der Waals surface area contributed by atoms with Crippen LogP contribution in [0.5, 0.6) is 0 Å². The number of allylic oxidation sites excluding steroid dienone is 5. The number of carbonyl (C=O) groups is 2. The third-order valence-electron chi connectivity index (χ3n) is 7.26. The highest BCUT2D eigenvalue weighted by Gasteiger charge is 2.30. The summed E-state index contributed by atoms with van der Waals surface area (Å²) >= 11 is 3.45. The first-order chi connectivity index (χ1) is 18.0. The molecule has 0 atom stereocenters. The molecule has 0 radical (unpaired) electrons. The molecule has 0 aromatic carbocycles. The summed E-state index contributed by atoms with van der Waals surface area (Å²) in [6.45, 7) is 8.56. The van der Waals surface area contributed by atoms with E-state index in [1.165, 1.54) is 0 Å². The van der Waals surface area contributed by atoms with Gasteiger partial charge in [-0.1, -0.05) is 45.8 Å². The topological polar surface area (TPSA) is 103 Å². The van der Waals surface area contributed by atoms with Crippen LogP contribution in [0.1, 0.15) is 47.1 Å². The zero-order chi connectivity index (χ0) is 27.6. The largest absolute Gasteiger partial charge is 0.358 e. The zero-order valence-electron chi connectivity index (χ0n) is 22.4. The number of rotatable bonds is 6. The van der Waals surface area contributed by atoms with Crippen molar-refractivity contribution < 1.29 is 18.0 Å². The van der Waals surface area contributed by atoms with Gasteiger partial charge in [-0.3, -0.25) is 9.59 Å². The molecule has 2 fully saturated rings. The van der Waals surface area contributed by atoms with Crippen LogP contribution in [0, 0.1) is 13.8 Å². The van der Waals surface area contributed by atoms with Crippen LogP contribution in [-0.4, -0.2) is 79.7 Å². The number of likely N-dealkylation sites (N-methyl/N-ethyl adjacent to an activating group) is 1. The van der Waals surface area contributed by atoms with Crippen LogP contribution in [0.2, 0.25) is 0 Å². The summed E-state index contributed by atoms with van der Waals surface area (Å²) in [5, 5.41) is 2.84. The van der Waals surface area contributed by atoms with Crippen molar-refractivity contribution in [2.45, 2.75) is 33.6 Å². The van der Waals surface area contributed by atoms with Gasteiger partial charge in [0.1, 0.15) is 0 Å². The quantitative estimate of drug-likeness (QED) is 0.482. The van der Waals surface area contributed by atoms with Crippen LogP contribution in [0.3, 0.4) is 0 Å². The van der Waals surface area contributed by atoms with E-state index in [1.54, 1.807) is 25.2 Å². The molecule has 10 heteroatoms. The Morgan fingerprint density at radius 3 is 2.45 bits per heavy atom. The normalized spacial score (nSPS) is 22.3. The smallest absolute Gasteiger partial charge is 0.256 e. The van der Waals surface area contributed by atoms with Crippen LogP contribution in [0.25, 0.3) is 6.08 Å². The molecule has 0 spiro atoms. The maximum atomic E-state index is 13.3. The molecule has 2 aliphatic heterocycles. The fourth-order valence-corrected chi connectivity index (χ4v) is 6.67.